The van der Waals surface area contributed by atoms with Crippen LogP contribution < -0.4 is 4.90 Å². The second-order valence-corrected chi connectivity index (χ2v) is 7.85. The summed E-state index contributed by atoms with van der Waals surface area (Å²) in [6, 6.07) is 8.01. The quantitative estimate of drug-likeness (QED) is 0.630. The number of hydrogen-bond donors (Lipinski definition) is 0. The lowest BCUT2D eigenvalue weighted by Gasteiger charge is -2.31. The van der Waals surface area contributed by atoms with E-state index in [2.05, 4.69) is 25.9 Å². The number of ketones is 1. The summed E-state index contributed by atoms with van der Waals surface area (Å²) in [6.45, 7) is 1.93. The number of benzene rings is 1. The number of Topliss-reactive ketones (excluding diaryl/α,β-unsaturated/α-hetero) is 1. The molecule has 5 rings (SSSR count). The summed E-state index contributed by atoms with van der Waals surface area (Å²) in [4.78, 5) is 28.2. The van der Waals surface area contributed by atoms with Crippen LogP contribution in [0, 0.1) is 17.2 Å². The lowest BCUT2D eigenvalue weighted by Crippen LogP contribution is -2.31. The molecule has 0 bridgehead atoms. The molecule has 1 aromatic carbocycles. The number of fused-ring (bicyclic) bond motifs is 1. The van der Waals surface area contributed by atoms with Crippen molar-refractivity contribution in [2.75, 3.05) is 18.0 Å². The largest absolute Gasteiger partial charge is 0.370 e. The highest BCUT2D eigenvalue weighted by molar-refractivity contribution is 6.10. The van der Waals surface area contributed by atoms with Crippen molar-refractivity contribution >= 4 is 22.4 Å². The first-order chi connectivity index (χ1) is 14.2. The predicted octanol–water partition coefficient (Wildman–Crippen LogP) is 4.15. The van der Waals surface area contributed by atoms with Gasteiger partial charge in [-0.15, -0.1) is 0 Å². The molecular weight excluding hydrogens is 362 g/mol. The highest BCUT2D eigenvalue weighted by atomic mass is 16.1. The second kappa shape index (κ2) is 7.25. The molecule has 3 aromatic rings. The Labute approximate surface area is 169 Å². The van der Waals surface area contributed by atoms with Crippen LogP contribution in [0.2, 0.25) is 0 Å². The van der Waals surface area contributed by atoms with E-state index in [4.69, 9.17) is 5.26 Å². The number of anilines is 1. The zero-order valence-electron chi connectivity index (χ0n) is 16.1. The van der Waals surface area contributed by atoms with Crippen LogP contribution in [-0.2, 0) is 0 Å². The van der Waals surface area contributed by atoms with Crippen molar-refractivity contribution in [3.05, 3.63) is 48.2 Å². The Morgan fingerprint density at radius 1 is 1.00 bits per heavy atom. The fourth-order valence-electron chi connectivity index (χ4n) is 4.10. The van der Waals surface area contributed by atoms with Crippen LogP contribution in [-0.4, -0.2) is 33.8 Å². The monoisotopic (exact) mass is 383 g/mol. The van der Waals surface area contributed by atoms with E-state index in [9.17, 15) is 4.79 Å². The van der Waals surface area contributed by atoms with Gasteiger partial charge in [-0.2, -0.15) is 5.26 Å². The standard InChI is InChI=1S/C23H21N5O/c24-11-21-26-12-17(13-27-21)16-6-7-20-18(10-16)22(28-8-2-1-3-9-28)19(14-25-20)23(29)15-4-5-15/h6-7,10,12-15H,1-5,8-9H2. The van der Waals surface area contributed by atoms with E-state index >= 15 is 0 Å². The van der Waals surface area contributed by atoms with Gasteiger partial charge in [0.15, 0.2) is 5.78 Å². The van der Waals surface area contributed by atoms with Gasteiger partial charge in [-0.1, -0.05) is 6.07 Å². The summed E-state index contributed by atoms with van der Waals surface area (Å²) < 4.78 is 0. The van der Waals surface area contributed by atoms with E-state index in [-0.39, 0.29) is 17.5 Å². The minimum absolute atomic E-state index is 0.155. The van der Waals surface area contributed by atoms with Gasteiger partial charge in [0.05, 0.1) is 16.8 Å². The van der Waals surface area contributed by atoms with Crippen molar-refractivity contribution in [1.29, 1.82) is 5.26 Å². The Balaban J connectivity index is 1.67. The van der Waals surface area contributed by atoms with Crippen molar-refractivity contribution in [3.8, 4) is 17.2 Å². The van der Waals surface area contributed by atoms with Gasteiger partial charge in [0, 0.05) is 48.5 Å². The summed E-state index contributed by atoms with van der Waals surface area (Å²) in [5.74, 6) is 0.544. The molecule has 0 N–H and O–H groups in total. The third kappa shape index (κ3) is 3.33. The summed E-state index contributed by atoms with van der Waals surface area (Å²) in [5, 5.41) is 9.93. The van der Waals surface area contributed by atoms with Crippen molar-refractivity contribution < 1.29 is 4.79 Å². The molecule has 3 heterocycles. The summed E-state index contributed by atoms with van der Waals surface area (Å²) in [7, 11) is 0. The summed E-state index contributed by atoms with van der Waals surface area (Å²) in [5.41, 5.74) is 4.47. The van der Waals surface area contributed by atoms with Gasteiger partial charge in [-0.05, 0) is 49.8 Å². The lowest BCUT2D eigenvalue weighted by molar-refractivity contribution is 0.0968. The first-order valence-electron chi connectivity index (χ1n) is 10.2. The first kappa shape index (κ1) is 17.7. The molecule has 0 unspecified atom stereocenters. The van der Waals surface area contributed by atoms with Crippen molar-refractivity contribution in [2.24, 2.45) is 5.92 Å². The third-order valence-corrected chi connectivity index (χ3v) is 5.81. The molecular formula is C23H21N5O. The number of nitrogens with zero attached hydrogens (tertiary/aromatic N) is 5. The average molecular weight is 383 g/mol. The van der Waals surface area contributed by atoms with Gasteiger partial charge >= 0.3 is 0 Å². The molecule has 0 radical (unpaired) electrons. The zero-order valence-corrected chi connectivity index (χ0v) is 16.1. The predicted molar refractivity (Wildman–Crippen MR) is 111 cm³/mol. The van der Waals surface area contributed by atoms with E-state index in [1.807, 2.05) is 18.2 Å². The summed E-state index contributed by atoms with van der Waals surface area (Å²) in [6.07, 6.45) is 10.6. The van der Waals surface area contributed by atoms with Crippen molar-refractivity contribution in [2.45, 2.75) is 32.1 Å². The average Bonchev–Trinajstić information content (AvgIpc) is 3.63. The highest BCUT2D eigenvalue weighted by Crippen LogP contribution is 2.39. The van der Waals surface area contributed by atoms with Gasteiger partial charge in [-0.3, -0.25) is 9.78 Å². The smallest absolute Gasteiger partial charge is 0.232 e. The van der Waals surface area contributed by atoms with Crippen molar-refractivity contribution in [1.82, 2.24) is 15.0 Å². The van der Waals surface area contributed by atoms with Crippen molar-refractivity contribution in [3.63, 3.8) is 0 Å². The molecule has 1 saturated heterocycles. The van der Waals surface area contributed by atoms with E-state index in [0.717, 1.165) is 72.1 Å². The SMILES string of the molecule is N#Cc1ncc(-c2ccc3ncc(C(=O)C4CC4)c(N4CCCCC4)c3c2)cn1. The Hall–Kier alpha value is -3.33. The van der Waals surface area contributed by atoms with Crippen LogP contribution >= 0.6 is 0 Å². The number of pyridine rings is 1. The second-order valence-electron chi connectivity index (χ2n) is 7.85. The van der Waals surface area contributed by atoms with Crippen LogP contribution in [0.1, 0.15) is 48.3 Å². The number of hydrogen-bond acceptors (Lipinski definition) is 6. The van der Waals surface area contributed by atoms with E-state index in [0.29, 0.717) is 0 Å². The Kier molecular flexibility index (Phi) is 4.44. The minimum Gasteiger partial charge on any atom is -0.370 e. The van der Waals surface area contributed by atoms with Gasteiger partial charge in [-0.25, -0.2) is 9.97 Å². The fraction of sp³-hybridized carbons (Fsp3) is 0.348. The number of carbonyl (C=O) groups excluding carboxylic acids is 1. The summed E-state index contributed by atoms with van der Waals surface area (Å²) >= 11 is 0. The maximum absolute atomic E-state index is 13.0. The molecule has 0 spiro atoms. The topological polar surface area (TPSA) is 82.8 Å². The van der Waals surface area contributed by atoms with Gasteiger partial charge < -0.3 is 4.90 Å². The molecule has 29 heavy (non-hydrogen) atoms. The third-order valence-electron chi connectivity index (χ3n) is 5.81. The molecule has 2 aromatic heterocycles. The molecule has 1 aliphatic carbocycles. The maximum atomic E-state index is 13.0. The highest BCUT2D eigenvalue weighted by Gasteiger charge is 2.33. The van der Waals surface area contributed by atoms with Gasteiger partial charge in [0.25, 0.3) is 0 Å². The molecule has 0 amide bonds. The van der Waals surface area contributed by atoms with Crippen LogP contribution in [0.3, 0.4) is 0 Å². The molecule has 2 aliphatic rings. The van der Waals surface area contributed by atoms with E-state index in [1.54, 1.807) is 18.6 Å². The van der Waals surface area contributed by atoms with E-state index in [1.165, 1.54) is 6.42 Å². The van der Waals surface area contributed by atoms with Gasteiger partial charge in [0.1, 0.15) is 6.07 Å². The number of nitriles is 1. The molecule has 1 saturated carbocycles. The van der Waals surface area contributed by atoms with Crippen LogP contribution in [0.5, 0.6) is 0 Å². The molecule has 1 aliphatic heterocycles. The number of aromatic nitrogens is 3. The molecule has 144 valence electrons. The minimum atomic E-state index is 0.155. The van der Waals surface area contributed by atoms with Crippen LogP contribution in [0.25, 0.3) is 22.0 Å². The maximum Gasteiger partial charge on any atom is 0.232 e. The van der Waals surface area contributed by atoms with Gasteiger partial charge in [0.2, 0.25) is 5.82 Å². The molecule has 2 fully saturated rings. The normalized spacial score (nSPS) is 16.6. The molecule has 6 nitrogen and oxygen atoms in total. The molecule has 0 atom stereocenters. The Morgan fingerprint density at radius 3 is 2.45 bits per heavy atom. The first-order valence-corrected chi connectivity index (χ1v) is 10.2. The zero-order chi connectivity index (χ0) is 19.8. The Bertz CT molecular complexity index is 1120. The lowest BCUT2D eigenvalue weighted by atomic mass is 9.98. The fourth-order valence-corrected chi connectivity index (χ4v) is 4.10. The number of carbonyl (C=O) groups is 1. The van der Waals surface area contributed by atoms with Crippen LogP contribution in [0.4, 0.5) is 5.69 Å². The number of piperidine rings is 1. The molecule has 6 heteroatoms. The van der Waals surface area contributed by atoms with Crippen LogP contribution in [0.15, 0.2) is 36.8 Å². The number of rotatable bonds is 4. The van der Waals surface area contributed by atoms with E-state index < -0.39 is 0 Å². The Morgan fingerprint density at radius 2 is 1.76 bits per heavy atom.